The Kier molecular flexibility index (Phi) is 4.39. The monoisotopic (exact) mass is 308 g/mol. The van der Waals surface area contributed by atoms with Gasteiger partial charge in [-0.25, -0.2) is 4.39 Å². The Morgan fingerprint density at radius 2 is 2.15 bits per heavy atom. The van der Waals surface area contributed by atoms with Gasteiger partial charge in [-0.3, -0.25) is 0 Å². The molecule has 0 amide bonds. The lowest BCUT2D eigenvalue weighted by atomic mass is 10.0. The van der Waals surface area contributed by atoms with E-state index in [0.717, 1.165) is 21.8 Å². The molecular weight excluding hydrogens is 299 g/mol. The minimum absolute atomic E-state index is 0.192. The molecule has 0 aliphatic rings. The Morgan fingerprint density at radius 3 is 2.69 bits per heavy atom. The van der Waals surface area contributed by atoms with Crippen LogP contribution in [0.5, 0.6) is 0 Å². The van der Waals surface area contributed by atoms with Gasteiger partial charge in [0.25, 0.3) is 0 Å². The normalized spacial score (nSPS) is 12.9. The molecule has 1 aromatic carbocycles. The predicted octanol–water partition coefficient (Wildman–Crippen LogP) is 4.16. The molecule has 1 aromatic rings. The summed E-state index contributed by atoms with van der Waals surface area (Å²) in [5.41, 5.74) is 1.16. The van der Waals surface area contributed by atoms with E-state index >= 15 is 0 Å². The van der Waals surface area contributed by atoms with Gasteiger partial charge in [-0.1, -0.05) is 44.8 Å². The van der Waals surface area contributed by atoms with Crippen molar-refractivity contribution in [2.24, 2.45) is 5.92 Å². The summed E-state index contributed by atoms with van der Waals surface area (Å²) < 4.78 is 13.6. The summed E-state index contributed by atoms with van der Waals surface area (Å²) in [7, 11) is 0. The van der Waals surface area contributed by atoms with E-state index in [0.29, 0.717) is 5.92 Å². The standard InChI is InChI=1S/C10H11Br2F/c1-7(6-11)4-8-2-3-9(13)5-10(8)12/h2-3,5,7H,4,6H2,1H3. The fraction of sp³-hybridized carbons (Fsp3) is 0.400. The first-order valence-corrected chi connectivity index (χ1v) is 6.05. The second kappa shape index (κ2) is 5.11. The van der Waals surface area contributed by atoms with Gasteiger partial charge >= 0.3 is 0 Å². The van der Waals surface area contributed by atoms with Crippen LogP contribution in [-0.2, 0) is 6.42 Å². The van der Waals surface area contributed by atoms with E-state index in [1.807, 2.05) is 6.07 Å². The largest absolute Gasteiger partial charge is 0.207 e. The van der Waals surface area contributed by atoms with Crippen LogP contribution in [0.25, 0.3) is 0 Å². The van der Waals surface area contributed by atoms with Crippen LogP contribution in [0.3, 0.4) is 0 Å². The summed E-state index contributed by atoms with van der Waals surface area (Å²) in [5.74, 6) is 0.379. The molecule has 0 radical (unpaired) electrons. The molecule has 0 fully saturated rings. The molecule has 3 heteroatoms. The zero-order valence-electron chi connectivity index (χ0n) is 7.36. The molecule has 1 unspecified atom stereocenters. The average Bonchev–Trinajstić information content (AvgIpc) is 2.09. The van der Waals surface area contributed by atoms with Crippen molar-refractivity contribution < 1.29 is 4.39 Å². The maximum Gasteiger partial charge on any atom is 0.124 e. The Hall–Kier alpha value is 0.110. The fourth-order valence-corrected chi connectivity index (χ4v) is 1.86. The van der Waals surface area contributed by atoms with Crippen LogP contribution >= 0.6 is 31.9 Å². The van der Waals surface area contributed by atoms with E-state index in [1.54, 1.807) is 0 Å². The van der Waals surface area contributed by atoms with Gasteiger partial charge in [0, 0.05) is 9.80 Å². The first-order chi connectivity index (χ1) is 6.13. The molecule has 13 heavy (non-hydrogen) atoms. The number of hydrogen-bond acceptors (Lipinski definition) is 0. The summed E-state index contributed by atoms with van der Waals surface area (Å²) in [6, 6.07) is 4.84. The SMILES string of the molecule is CC(CBr)Cc1ccc(F)cc1Br. The topological polar surface area (TPSA) is 0 Å². The number of rotatable bonds is 3. The van der Waals surface area contributed by atoms with Crippen molar-refractivity contribution >= 4 is 31.9 Å². The summed E-state index contributed by atoms with van der Waals surface area (Å²) in [4.78, 5) is 0. The van der Waals surface area contributed by atoms with E-state index in [4.69, 9.17) is 0 Å². The lowest BCUT2D eigenvalue weighted by Gasteiger charge is -2.09. The molecule has 0 aromatic heterocycles. The third-order valence-electron chi connectivity index (χ3n) is 1.85. The highest BCUT2D eigenvalue weighted by molar-refractivity contribution is 9.10. The molecule has 0 saturated carbocycles. The molecule has 1 atom stereocenters. The summed E-state index contributed by atoms with van der Waals surface area (Å²) in [6.45, 7) is 2.16. The average molecular weight is 310 g/mol. The van der Waals surface area contributed by atoms with Crippen molar-refractivity contribution in [2.75, 3.05) is 5.33 Å². The minimum Gasteiger partial charge on any atom is -0.207 e. The van der Waals surface area contributed by atoms with Crippen LogP contribution in [0.15, 0.2) is 22.7 Å². The van der Waals surface area contributed by atoms with Crippen LogP contribution < -0.4 is 0 Å². The highest BCUT2D eigenvalue weighted by Gasteiger charge is 2.05. The summed E-state index contributed by atoms with van der Waals surface area (Å²) >= 11 is 6.77. The van der Waals surface area contributed by atoms with E-state index in [-0.39, 0.29) is 5.82 Å². The minimum atomic E-state index is -0.192. The van der Waals surface area contributed by atoms with Gasteiger partial charge in [0.2, 0.25) is 0 Å². The zero-order valence-corrected chi connectivity index (χ0v) is 10.5. The van der Waals surface area contributed by atoms with Crippen molar-refractivity contribution in [1.82, 2.24) is 0 Å². The van der Waals surface area contributed by atoms with Crippen LogP contribution in [0, 0.1) is 11.7 Å². The van der Waals surface area contributed by atoms with Gasteiger partial charge in [0.1, 0.15) is 5.82 Å². The lowest BCUT2D eigenvalue weighted by molar-refractivity contribution is 0.621. The smallest absolute Gasteiger partial charge is 0.124 e. The van der Waals surface area contributed by atoms with Gasteiger partial charge in [-0.2, -0.15) is 0 Å². The van der Waals surface area contributed by atoms with Gasteiger partial charge in [-0.05, 0) is 30.0 Å². The quantitative estimate of drug-likeness (QED) is 0.735. The molecule has 0 aliphatic heterocycles. The van der Waals surface area contributed by atoms with Crippen molar-refractivity contribution in [3.05, 3.63) is 34.1 Å². The molecule has 0 heterocycles. The maximum atomic E-state index is 12.7. The number of hydrogen-bond donors (Lipinski definition) is 0. The summed E-state index contributed by atoms with van der Waals surface area (Å²) in [5, 5.41) is 0.969. The lowest BCUT2D eigenvalue weighted by Crippen LogP contribution is -2.01. The number of halogens is 3. The van der Waals surface area contributed by atoms with E-state index in [2.05, 4.69) is 38.8 Å². The first-order valence-electron chi connectivity index (χ1n) is 4.13. The molecule has 0 N–H and O–H groups in total. The Morgan fingerprint density at radius 1 is 1.46 bits per heavy atom. The van der Waals surface area contributed by atoms with E-state index in [1.165, 1.54) is 12.1 Å². The predicted molar refractivity (Wildman–Crippen MR) is 60.8 cm³/mol. The van der Waals surface area contributed by atoms with Gasteiger partial charge < -0.3 is 0 Å². The van der Waals surface area contributed by atoms with E-state index in [9.17, 15) is 4.39 Å². The molecule has 0 saturated heterocycles. The van der Waals surface area contributed by atoms with Gasteiger partial charge in [0.15, 0.2) is 0 Å². The third kappa shape index (κ3) is 3.39. The van der Waals surface area contributed by atoms with Crippen LogP contribution in [0.2, 0.25) is 0 Å². The van der Waals surface area contributed by atoms with Gasteiger partial charge in [-0.15, -0.1) is 0 Å². The second-order valence-corrected chi connectivity index (χ2v) is 4.70. The van der Waals surface area contributed by atoms with Crippen molar-refractivity contribution in [3.8, 4) is 0 Å². The van der Waals surface area contributed by atoms with Crippen LogP contribution in [0.1, 0.15) is 12.5 Å². The zero-order chi connectivity index (χ0) is 9.84. The maximum absolute atomic E-state index is 12.7. The molecule has 0 spiro atoms. The van der Waals surface area contributed by atoms with Crippen molar-refractivity contribution in [3.63, 3.8) is 0 Å². The highest BCUT2D eigenvalue weighted by atomic mass is 79.9. The highest BCUT2D eigenvalue weighted by Crippen LogP contribution is 2.21. The molecular formula is C10H11Br2F. The summed E-state index contributed by atoms with van der Waals surface area (Å²) in [6.07, 6.45) is 0.964. The third-order valence-corrected chi connectivity index (χ3v) is 3.69. The Balaban J connectivity index is 2.77. The Labute approximate surface area is 94.8 Å². The molecule has 72 valence electrons. The first kappa shape index (κ1) is 11.2. The fourth-order valence-electron chi connectivity index (χ4n) is 1.12. The second-order valence-electron chi connectivity index (χ2n) is 3.20. The molecule has 0 nitrogen and oxygen atoms in total. The van der Waals surface area contributed by atoms with Crippen molar-refractivity contribution in [2.45, 2.75) is 13.3 Å². The molecule has 0 aliphatic carbocycles. The Bertz CT molecular complexity index is 286. The van der Waals surface area contributed by atoms with Crippen molar-refractivity contribution in [1.29, 1.82) is 0 Å². The van der Waals surface area contributed by atoms with E-state index < -0.39 is 0 Å². The molecule has 1 rings (SSSR count). The number of alkyl halides is 1. The molecule has 0 bridgehead atoms. The van der Waals surface area contributed by atoms with Crippen LogP contribution in [-0.4, -0.2) is 5.33 Å². The van der Waals surface area contributed by atoms with Gasteiger partial charge in [0.05, 0.1) is 0 Å². The number of benzene rings is 1. The van der Waals surface area contributed by atoms with Crippen LogP contribution in [0.4, 0.5) is 4.39 Å².